The number of alkyl carbamates (subject to hydrolysis) is 1. The summed E-state index contributed by atoms with van der Waals surface area (Å²) in [5.74, 6) is 0. The quantitative estimate of drug-likeness (QED) is 0.865. The minimum absolute atomic E-state index is 0.0343. The maximum Gasteiger partial charge on any atom is 0.416 e. The van der Waals surface area contributed by atoms with Crippen LogP contribution in [0.25, 0.3) is 0 Å². The average Bonchev–Trinajstić information content (AvgIpc) is 2.62. The number of rotatable bonds is 1. The van der Waals surface area contributed by atoms with Crippen LogP contribution in [0.4, 0.5) is 18.0 Å². The van der Waals surface area contributed by atoms with Gasteiger partial charge in [-0.05, 0) is 23.8 Å². The molecule has 3 nitrogen and oxygen atoms in total. The number of cyclic esters (lactones) is 1. The van der Waals surface area contributed by atoms with Crippen molar-refractivity contribution in [3.8, 4) is 0 Å². The Balaban J connectivity index is 2.35. The predicted molar refractivity (Wildman–Crippen MR) is 56.4 cm³/mol. The van der Waals surface area contributed by atoms with Crippen molar-refractivity contribution in [1.82, 2.24) is 5.32 Å². The highest BCUT2D eigenvalue weighted by Gasteiger charge is 2.33. The number of amides is 1. The Morgan fingerprint density at radius 2 is 2.06 bits per heavy atom. The van der Waals surface area contributed by atoms with Gasteiger partial charge in [-0.1, -0.05) is 15.9 Å². The van der Waals surface area contributed by atoms with Crippen LogP contribution in [0.15, 0.2) is 22.7 Å². The van der Waals surface area contributed by atoms with Crippen molar-refractivity contribution < 1.29 is 22.7 Å². The number of nitrogens with one attached hydrogen (secondary N) is 1. The van der Waals surface area contributed by atoms with Gasteiger partial charge in [-0.2, -0.15) is 13.2 Å². The molecule has 7 heteroatoms. The molecule has 1 aliphatic rings. The first-order valence-electron chi connectivity index (χ1n) is 4.67. The zero-order valence-corrected chi connectivity index (χ0v) is 9.93. The van der Waals surface area contributed by atoms with Crippen molar-refractivity contribution in [1.29, 1.82) is 0 Å². The molecule has 0 bridgehead atoms. The minimum Gasteiger partial charge on any atom is -0.447 e. The number of halogens is 4. The Labute approximate surface area is 103 Å². The van der Waals surface area contributed by atoms with E-state index >= 15 is 0 Å². The SMILES string of the molecule is O=C1N[C@H](c2cc(Br)cc(C(F)(F)F)c2)CO1. The van der Waals surface area contributed by atoms with Gasteiger partial charge in [-0.15, -0.1) is 0 Å². The standard InChI is InChI=1S/C10H7BrF3NO2/c11-7-2-5(8-4-17-9(16)15-8)1-6(3-7)10(12,13)14/h1-3,8H,4H2,(H,15,16)/t8-/m0/s1. The van der Waals surface area contributed by atoms with Crippen LogP contribution in [-0.2, 0) is 10.9 Å². The number of hydrogen-bond donors (Lipinski definition) is 1. The van der Waals surface area contributed by atoms with Crippen LogP contribution in [0.2, 0.25) is 0 Å². The molecule has 0 spiro atoms. The van der Waals surface area contributed by atoms with Gasteiger partial charge in [0.25, 0.3) is 0 Å². The van der Waals surface area contributed by atoms with E-state index in [9.17, 15) is 18.0 Å². The molecule has 1 fully saturated rings. The number of ether oxygens (including phenoxy) is 1. The Morgan fingerprint density at radius 1 is 1.35 bits per heavy atom. The Hall–Kier alpha value is -1.24. The Kier molecular flexibility index (Phi) is 3.03. The lowest BCUT2D eigenvalue weighted by Crippen LogP contribution is -2.19. The summed E-state index contributed by atoms with van der Waals surface area (Å²) in [6.45, 7) is 0.0343. The zero-order valence-electron chi connectivity index (χ0n) is 8.34. The second-order valence-electron chi connectivity index (χ2n) is 3.57. The molecule has 1 atom stereocenters. The molecule has 1 N–H and O–H groups in total. The third kappa shape index (κ3) is 2.71. The van der Waals surface area contributed by atoms with Crippen LogP contribution in [0.5, 0.6) is 0 Å². The molecule has 0 radical (unpaired) electrons. The van der Waals surface area contributed by atoms with E-state index in [4.69, 9.17) is 0 Å². The van der Waals surface area contributed by atoms with Crippen LogP contribution in [0, 0.1) is 0 Å². The summed E-state index contributed by atoms with van der Waals surface area (Å²) in [5.41, 5.74) is -0.402. The molecule has 0 saturated carbocycles. The van der Waals surface area contributed by atoms with E-state index in [2.05, 4.69) is 26.0 Å². The summed E-state index contributed by atoms with van der Waals surface area (Å²) in [6, 6.07) is 2.97. The monoisotopic (exact) mass is 309 g/mol. The van der Waals surface area contributed by atoms with E-state index in [0.29, 0.717) is 10.0 Å². The third-order valence-corrected chi connectivity index (χ3v) is 2.78. The summed E-state index contributed by atoms with van der Waals surface area (Å²) in [5, 5.41) is 2.43. The molecular formula is C10H7BrF3NO2. The van der Waals surface area contributed by atoms with Crippen LogP contribution < -0.4 is 5.32 Å². The number of carbonyl (C=O) groups is 1. The van der Waals surface area contributed by atoms with Crippen molar-refractivity contribution in [2.75, 3.05) is 6.61 Å². The van der Waals surface area contributed by atoms with Gasteiger partial charge in [0, 0.05) is 4.47 Å². The number of hydrogen-bond acceptors (Lipinski definition) is 2. The summed E-state index contributed by atoms with van der Waals surface area (Å²) < 4.78 is 42.7. The lowest BCUT2D eigenvalue weighted by atomic mass is 10.0. The maximum absolute atomic E-state index is 12.6. The number of alkyl halides is 3. The molecule has 0 aliphatic carbocycles. The molecule has 2 rings (SSSR count). The first kappa shape index (κ1) is 12.2. The van der Waals surface area contributed by atoms with Crippen molar-refractivity contribution in [2.45, 2.75) is 12.2 Å². The number of benzene rings is 1. The van der Waals surface area contributed by atoms with Crippen molar-refractivity contribution >= 4 is 22.0 Å². The lowest BCUT2D eigenvalue weighted by molar-refractivity contribution is -0.137. The lowest BCUT2D eigenvalue weighted by Gasteiger charge is -2.12. The summed E-state index contributed by atoms with van der Waals surface area (Å²) in [7, 11) is 0. The maximum atomic E-state index is 12.6. The highest BCUT2D eigenvalue weighted by molar-refractivity contribution is 9.10. The van der Waals surface area contributed by atoms with Gasteiger partial charge in [0.1, 0.15) is 6.61 Å². The molecule has 1 amide bonds. The Morgan fingerprint density at radius 3 is 2.59 bits per heavy atom. The second-order valence-corrected chi connectivity index (χ2v) is 4.48. The summed E-state index contributed by atoms with van der Waals surface area (Å²) in [4.78, 5) is 10.8. The smallest absolute Gasteiger partial charge is 0.416 e. The molecule has 0 aromatic heterocycles. The molecule has 1 aromatic carbocycles. The molecule has 1 aromatic rings. The van der Waals surface area contributed by atoms with E-state index < -0.39 is 23.9 Å². The average molecular weight is 310 g/mol. The van der Waals surface area contributed by atoms with Crippen LogP contribution in [0.3, 0.4) is 0 Å². The van der Waals surface area contributed by atoms with Crippen molar-refractivity contribution in [3.63, 3.8) is 0 Å². The largest absolute Gasteiger partial charge is 0.447 e. The molecular weight excluding hydrogens is 303 g/mol. The molecule has 92 valence electrons. The topological polar surface area (TPSA) is 38.3 Å². The molecule has 0 unspecified atom stereocenters. The summed E-state index contributed by atoms with van der Waals surface area (Å²) in [6.07, 6.45) is -5.04. The van der Waals surface area contributed by atoms with Gasteiger partial charge in [0.05, 0.1) is 11.6 Å². The molecule has 17 heavy (non-hydrogen) atoms. The van der Waals surface area contributed by atoms with E-state index in [1.807, 2.05) is 0 Å². The minimum atomic E-state index is -4.41. The van der Waals surface area contributed by atoms with Crippen LogP contribution in [-0.4, -0.2) is 12.7 Å². The highest BCUT2D eigenvalue weighted by Crippen LogP contribution is 2.33. The molecule has 1 heterocycles. The van der Waals surface area contributed by atoms with Crippen molar-refractivity contribution in [2.24, 2.45) is 0 Å². The third-order valence-electron chi connectivity index (χ3n) is 2.32. The summed E-state index contributed by atoms with van der Waals surface area (Å²) >= 11 is 3.01. The normalized spacial score (nSPS) is 20.0. The van der Waals surface area contributed by atoms with Gasteiger partial charge in [0.15, 0.2) is 0 Å². The second kappa shape index (κ2) is 4.21. The van der Waals surface area contributed by atoms with E-state index in [1.165, 1.54) is 6.07 Å². The number of carbonyl (C=O) groups excluding carboxylic acids is 1. The Bertz CT molecular complexity index is 461. The van der Waals surface area contributed by atoms with Gasteiger partial charge >= 0.3 is 12.3 Å². The van der Waals surface area contributed by atoms with Crippen LogP contribution in [0.1, 0.15) is 17.2 Å². The first-order chi connectivity index (χ1) is 7.86. The van der Waals surface area contributed by atoms with Crippen molar-refractivity contribution in [3.05, 3.63) is 33.8 Å². The van der Waals surface area contributed by atoms with Gasteiger partial charge in [-0.25, -0.2) is 4.79 Å². The van der Waals surface area contributed by atoms with Gasteiger partial charge < -0.3 is 10.1 Å². The predicted octanol–water partition coefficient (Wildman–Crippen LogP) is 3.25. The first-order valence-corrected chi connectivity index (χ1v) is 5.46. The zero-order chi connectivity index (χ0) is 12.6. The fourth-order valence-corrected chi connectivity index (χ4v) is 2.05. The highest BCUT2D eigenvalue weighted by atomic mass is 79.9. The molecule has 1 saturated heterocycles. The fourth-order valence-electron chi connectivity index (χ4n) is 1.54. The van der Waals surface area contributed by atoms with Crippen LogP contribution >= 0.6 is 15.9 Å². The molecule has 1 aliphatic heterocycles. The van der Waals surface area contributed by atoms with E-state index in [-0.39, 0.29) is 6.61 Å². The van der Waals surface area contributed by atoms with Gasteiger partial charge in [0.2, 0.25) is 0 Å². The fraction of sp³-hybridized carbons (Fsp3) is 0.300. The van der Waals surface area contributed by atoms with Gasteiger partial charge in [-0.3, -0.25) is 0 Å². The van der Waals surface area contributed by atoms with E-state index in [0.717, 1.165) is 12.1 Å². The van der Waals surface area contributed by atoms with E-state index in [1.54, 1.807) is 0 Å².